The lowest BCUT2D eigenvalue weighted by Crippen LogP contribution is -2.00. The number of fused-ring (bicyclic) bond motifs is 2. The van der Waals surface area contributed by atoms with Crippen molar-refractivity contribution in [2.75, 3.05) is 5.32 Å². The van der Waals surface area contributed by atoms with Crippen LogP contribution in [0, 0.1) is 0 Å². The van der Waals surface area contributed by atoms with Crippen molar-refractivity contribution in [1.82, 2.24) is 9.55 Å². The van der Waals surface area contributed by atoms with E-state index in [0.29, 0.717) is 5.92 Å². The molecule has 3 heteroatoms. The van der Waals surface area contributed by atoms with Crippen LogP contribution >= 0.6 is 0 Å². The molecule has 0 aliphatic rings. The van der Waals surface area contributed by atoms with Crippen LogP contribution in [0.25, 0.3) is 38.6 Å². The van der Waals surface area contributed by atoms with Crippen molar-refractivity contribution < 1.29 is 0 Å². The van der Waals surface area contributed by atoms with Gasteiger partial charge >= 0.3 is 0 Å². The van der Waals surface area contributed by atoms with Crippen LogP contribution in [0.2, 0.25) is 0 Å². The normalized spacial score (nSPS) is 11.4. The highest BCUT2D eigenvalue weighted by atomic mass is 15.0. The summed E-state index contributed by atoms with van der Waals surface area (Å²) in [6.45, 7) is 5.24. The van der Waals surface area contributed by atoms with Gasteiger partial charge in [0.25, 0.3) is 0 Å². The van der Waals surface area contributed by atoms with E-state index in [2.05, 4.69) is 138 Å². The Kier molecular flexibility index (Phi) is 5.74. The van der Waals surface area contributed by atoms with E-state index in [-0.39, 0.29) is 0 Å². The van der Waals surface area contributed by atoms with Crippen molar-refractivity contribution >= 4 is 27.5 Å². The second kappa shape index (κ2) is 9.35. The second-order valence-electron chi connectivity index (χ2n) is 9.68. The fraction of sp³-hybridized carbons (Fsp3) is 0.121. The third kappa shape index (κ3) is 4.36. The first kappa shape index (κ1) is 22.1. The van der Waals surface area contributed by atoms with Crippen LogP contribution in [0.15, 0.2) is 116 Å². The van der Waals surface area contributed by atoms with Crippen molar-refractivity contribution in [3.05, 3.63) is 127 Å². The summed E-state index contributed by atoms with van der Waals surface area (Å²) >= 11 is 0. The van der Waals surface area contributed by atoms with E-state index in [1.807, 2.05) is 6.33 Å². The lowest BCUT2D eigenvalue weighted by atomic mass is 10.0. The SMILES string of the molecule is CC(C)c1ccc(CNc2ccc3c(c2)ncn3-c2ccc(-c3ccc4ccccc4c3)cc2)cc1. The summed E-state index contributed by atoms with van der Waals surface area (Å²) in [5.74, 6) is 0.555. The molecule has 0 radical (unpaired) electrons. The van der Waals surface area contributed by atoms with Crippen molar-refractivity contribution in [2.45, 2.75) is 26.3 Å². The molecule has 176 valence electrons. The first-order valence-corrected chi connectivity index (χ1v) is 12.5. The van der Waals surface area contributed by atoms with E-state index < -0.39 is 0 Å². The average Bonchev–Trinajstić information content (AvgIpc) is 3.35. The third-order valence-electron chi connectivity index (χ3n) is 6.92. The van der Waals surface area contributed by atoms with Gasteiger partial charge in [-0.2, -0.15) is 0 Å². The van der Waals surface area contributed by atoms with Gasteiger partial charge in [-0.05, 0) is 75.3 Å². The topological polar surface area (TPSA) is 29.9 Å². The predicted octanol–water partition coefficient (Wildman–Crippen LogP) is 8.58. The lowest BCUT2D eigenvalue weighted by molar-refractivity contribution is 0.865. The molecule has 6 aromatic rings. The Balaban J connectivity index is 1.20. The molecule has 0 aliphatic heterocycles. The van der Waals surface area contributed by atoms with Crippen LogP contribution in [-0.2, 0) is 6.54 Å². The maximum atomic E-state index is 4.68. The van der Waals surface area contributed by atoms with Crippen LogP contribution in [0.3, 0.4) is 0 Å². The first-order valence-electron chi connectivity index (χ1n) is 12.5. The molecule has 1 N–H and O–H groups in total. The zero-order valence-corrected chi connectivity index (χ0v) is 20.6. The van der Waals surface area contributed by atoms with Crippen LogP contribution in [0.4, 0.5) is 5.69 Å². The van der Waals surface area contributed by atoms with Gasteiger partial charge in [0.1, 0.15) is 6.33 Å². The fourth-order valence-corrected chi connectivity index (χ4v) is 4.74. The highest BCUT2D eigenvalue weighted by Gasteiger charge is 2.07. The number of rotatable bonds is 6. The molecule has 0 aliphatic carbocycles. The number of aromatic nitrogens is 2. The monoisotopic (exact) mass is 467 g/mol. The number of benzene rings is 5. The molecule has 0 saturated heterocycles. The van der Waals surface area contributed by atoms with Gasteiger partial charge in [-0.25, -0.2) is 4.98 Å². The molecule has 6 rings (SSSR count). The maximum Gasteiger partial charge on any atom is 0.100 e. The van der Waals surface area contributed by atoms with Gasteiger partial charge in [-0.1, -0.05) is 86.6 Å². The van der Waals surface area contributed by atoms with Gasteiger partial charge in [0.05, 0.1) is 11.0 Å². The van der Waals surface area contributed by atoms with E-state index in [1.165, 1.54) is 33.0 Å². The summed E-state index contributed by atoms with van der Waals surface area (Å²) in [5, 5.41) is 6.07. The van der Waals surface area contributed by atoms with Gasteiger partial charge in [0, 0.05) is 17.9 Å². The Bertz CT molecular complexity index is 1640. The smallest absolute Gasteiger partial charge is 0.100 e. The van der Waals surface area contributed by atoms with Gasteiger partial charge in [0.2, 0.25) is 0 Å². The summed E-state index contributed by atoms with van der Waals surface area (Å²) in [4.78, 5) is 4.68. The van der Waals surface area contributed by atoms with Gasteiger partial charge in [0.15, 0.2) is 0 Å². The second-order valence-corrected chi connectivity index (χ2v) is 9.68. The van der Waals surface area contributed by atoms with Crippen molar-refractivity contribution in [2.24, 2.45) is 0 Å². The van der Waals surface area contributed by atoms with E-state index in [9.17, 15) is 0 Å². The number of hydrogen-bond donors (Lipinski definition) is 1. The minimum atomic E-state index is 0.555. The molecular formula is C33H29N3. The highest BCUT2D eigenvalue weighted by Crippen LogP contribution is 2.27. The summed E-state index contributed by atoms with van der Waals surface area (Å²) in [6, 6.07) is 39.1. The van der Waals surface area contributed by atoms with Gasteiger partial charge in [-0.3, -0.25) is 4.57 Å². The highest BCUT2D eigenvalue weighted by molar-refractivity contribution is 5.87. The quantitative estimate of drug-likeness (QED) is 0.266. The molecule has 0 amide bonds. The van der Waals surface area contributed by atoms with E-state index in [1.54, 1.807) is 0 Å². The molecule has 5 aromatic carbocycles. The van der Waals surface area contributed by atoms with Crippen molar-refractivity contribution in [1.29, 1.82) is 0 Å². The summed E-state index contributed by atoms with van der Waals surface area (Å²) in [5.41, 5.74) is 9.34. The van der Waals surface area contributed by atoms with Crippen LogP contribution in [0.1, 0.15) is 30.9 Å². The molecule has 0 fully saturated rings. The molecule has 0 unspecified atom stereocenters. The lowest BCUT2D eigenvalue weighted by Gasteiger charge is -2.10. The zero-order chi connectivity index (χ0) is 24.5. The molecule has 0 saturated carbocycles. The van der Waals surface area contributed by atoms with Crippen molar-refractivity contribution in [3.63, 3.8) is 0 Å². The molecule has 3 nitrogen and oxygen atoms in total. The third-order valence-corrected chi connectivity index (χ3v) is 6.92. The van der Waals surface area contributed by atoms with Crippen LogP contribution < -0.4 is 5.32 Å². The predicted molar refractivity (Wildman–Crippen MR) is 152 cm³/mol. The van der Waals surface area contributed by atoms with Crippen LogP contribution in [-0.4, -0.2) is 9.55 Å². The molecule has 0 atom stereocenters. The number of nitrogens with one attached hydrogen (secondary N) is 1. The first-order chi connectivity index (χ1) is 17.6. The average molecular weight is 468 g/mol. The summed E-state index contributed by atoms with van der Waals surface area (Å²) < 4.78 is 2.15. The van der Waals surface area contributed by atoms with Gasteiger partial charge in [-0.15, -0.1) is 0 Å². The number of nitrogens with zero attached hydrogens (tertiary/aromatic N) is 2. The largest absolute Gasteiger partial charge is 0.381 e. The van der Waals surface area contributed by atoms with Gasteiger partial charge < -0.3 is 5.32 Å². The Morgan fingerprint density at radius 2 is 1.47 bits per heavy atom. The van der Waals surface area contributed by atoms with Crippen molar-refractivity contribution in [3.8, 4) is 16.8 Å². The Labute approximate surface area is 212 Å². The van der Waals surface area contributed by atoms with E-state index in [0.717, 1.165) is 29.0 Å². The molecule has 1 heterocycles. The van der Waals surface area contributed by atoms with E-state index in [4.69, 9.17) is 0 Å². The zero-order valence-electron chi connectivity index (χ0n) is 20.6. The molecule has 0 spiro atoms. The van der Waals surface area contributed by atoms with Crippen LogP contribution in [0.5, 0.6) is 0 Å². The minimum absolute atomic E-state index is 0.555. The Morgan fingerprint density at radius 1 is 0.722 bits per heavy atom. The Hall–Kier alpha value is -4.37. The number of imidazole rings is 1. The Morgan fingerprint density at radius 3 is 2.25 bits per heavy atom. The standard InChI is InChI=1S/C33H29N3/c1-23(2)25-9-7-24(8-10-25)21-34-30-15-18-33-32(20-30)35-22-36(33)31-16-13-27(14-17-31)29-12-11-26-5-3-4-6-28(26)19-29/h3-20,22-23,34H,21H2,1-2H3. The minimum Gasteiger partial charge on any atom is -0.381 e. The maximum absolute atomic E-state index is 4.68. The summed E-state index contributed by atoms with van der Waals surface area (Å²) in [7, 11) is 0. The molecule has 1 aromatic heterocycles. The van der Waals surface area contributed by atoms with E-state index >= 15 is 0 Å². The number of anilines is 1. The molecule has 0 bridgehead atoms. The summed E-state index contributed by atoms with van der Waals surface area (Å²) in [6.07, 6.45) is 1.91. The molecule has 36 heavy (non-hydrogen) atoms. The fourth-order valence-electron chi connectivity index (χ4n) is 4.74. The molecular weight excluding hydrogens is 438 g/mol. The number of hydrogen-bond acceptors (Lipinski definition) is 2.